The Morgan fingerprint density at radius 3 is 2.24 bits per heavy atom. The van der Waals surface area contributed by atoms with Gasteiger partial charge in [0.15, 0.2) is 6.10 Å². The molecule has 1 saturated carbocycles. The molecule has 1 heterocycles. The second-order valence-corrected chi connectivity index (χ2v) is 13.7. The monoisotopic (exact) mass is 669 g/mol. The van der Waals surface area contributed by atoms with Gasteiger partial charge in [-0.2, -0.15) is 13.2 Å². The third-order valence-electron chi connectivity index (χ3n) is 9.81. The van der Waals surface area contributed by atoms with Gasteiger partial charge in [0.05, 0.1) is 6.10 Å². The van der Waals surface area contributed by atoms with E-state index in [0.29, 0.717) is 55.3 Å². The van der Waals surface area contributed by atoms with E-state index in [0.717, 1.165) is 49.8 Å². The zero-order valence-electron chi connectivity index (χ0n) is 27.5. The zero-order valence-corrected chi connectivity index (χ0v) is 28.3. The van der Waals surface area contributed by atoms with E-state index >= 15 is 0 Å². The van der Waals surface area contributed by atoms with Crippen LogP contribution in [0.3, 0.4) is 0 Å². The van der Waals surface area contributed by atoms with Crippen LogP contribution in [0.25, 0.3) is 0 Å². The molecule has 2 aromatic rings. The van der Waals surface area contributed by atoms with Crippen molar-refractivity contribution in [2.75, 3.05) is 39.8 Å². The highest BCUT2D eigenvalue weighted by atomic mass is 35.5. The van der Waals surface area contributed by atoms with Gasteiger partial charge in [0.2, 0.25) is 0 Å². The number of likely N-dealkylation sites (N-methyl/N-ethyl adjacent to an activating group) is 1. The average molecular weight is 670 g/mol. The van der Waals surface area contributed by atoms with Gasteiger partial charge >= 0.3 is 12.1 Å². The number of halogens is 5. The second kappa shape index (κ2) is 15.8. The van der Waals surface area contributed by atoms with Crippen LogP contribution in [0.15, 0.2) is 36.4 Å². The Balaban J connectivity index is 1.53. The minimum Gasteiger partial charge on any atom is -0.480 e. The molecule has 11 heteroatoms. The third kappa shape index (κ3) is 9.22. The van der Waals surface area contributed by atoms with Gasteiger partial charge < -0.3 is 9.84 Å². The zero-order chi connectivity index (χ0) is 33.8. The van der Waals surface area contributed by atoms with Gasteiger partial charge in [0, 0.05) is 49.8 Å². The molecule has 1 aliphatic carbocycles. The number of aliphatic carboxylic acids is 1. The first-order valence-electron chi connectivity index (χ1n) is 16.3. The number of carboxylic acids is 1. The summed E-state index contributed by atoms with van der Waals surface area (Å²) in [6.45, 7) is 11.2. The average Bonchev–Trinajstić information content (AvgIpc) is 2.97. The molecule has 0 aromatic heterocycles. The fraction of sp³-hybridized carbons (Fsp3) is 0.629. The van der Waals surface area contributed by atoms with Crippen molar-refractivity contribution in [2.24, 2.45) is 0 Å². The second-order valence-electron chi connectivity index (χ2n) is 13.3. The number of alkyl halides is 3. The van der Waals surface area contributed by atoms with Crippen LogP contribution in [0, 0.1) is 12.7 Å². The summed E-state index contributed by atoms with van der Waals surface area (Å²) in [6, 6.07) is 9.66. The van der Waals surface area contributed by atoms with Crippen LogP contribution in [0.1, 0.15) is 93.1 Å². The summed E-state index contributed by atoms with van der Waals surface area (Å²) in [5.41, 5.74) is 3.42. The van der Waals surface area contributed by atoms with E-state index in [2.05, 4.69) is 23.6 Å². The number of carboxylic acid groups (broad SMARTS) is 1. The maximum atomic E-state index is 14.5. The molecule has 46 heavy (non-hydrogen) atoms. The van der Waals surface area contributed by atoms with Crippen molar-refractivity contribution < 1.29 is 32.2 Å². The van der Waals surface area contributed by atoms with Crippen molar-refractivity contribution in [3.63, 3.8) is 0 Å². The molecular formula is C35H48ClF4N3O3. The van der Waals surface area contributed by atoms with Crippen LogP contribution in [0.2, 0.25) is 5.02 Å². The number of piperazine rings is 1. The van der Waals surface area contributed by atoms with Gasteiger partial charge in [0.25, 0.3) is 0 Å². The van der Waals surface area contributed by atoms with E-state index in [9.17, 15) is 27.5 Å². The number of aryl methyl sites for hydroxylation is 1. The number of nitrogens with zero attached hydrogens (tertiary/aromatic N) is 3. The first kappa shape index (κ1) is 36.6. The predicted octanol–water partition coefficient (Wildman–Crippen LogP) is 8.00. The normalized spacial score (nSPS) is 22.3. The van der Waals surface area contributed by atoms with Crippen molar-refractivity contribution in [2.45, 2.75) is 102 Å². The fourth-order valence-corrected chi connectivity index (χ4v) is 7.49. The smallest absolute Gasteiger partial charge is 0.414 e. The Hall–Kier alpha value is -2.24. The molecule has 1 N–H and O–H groups in total. The van der Waals surface area contributed by atoms with E-state index in [1.165, 1.54) is 12.1 Å². The fourth-order valence-electron chi connectivity index (χ4n) is 7.26. The van der Waals surface area contributed by atoms with Crippen LogP contribution in [-0.4, -0.2) is 90.0 Å². The summed E-state index contributed by atoms with van der Waals surface area (Å²) >= 11 is 6.28. The Morgan fingerprint density at radius 1 is 1.04 bits per heavy atom. The Kier molecular flexibility index (Phi) is 12.5. The highest BCUT2D eigenvalue weighted by molar-refractivity contribution is 6.30. The van der Waals surface area contributed by atoms with Crippen LogP contribution in [-0.2, 0) is 9.53 Å². The lowest BCUT2D eigenvalue weighted by Gasteiger charge is -2.41. The van der Waals surface area contributed by atoms with E-state index in [1.54, 1.807) is 13.1 Å². The first-order chi connectivity index (χ1) is 21.6. The largest absolute Gasteiger partial charge is 0.480 e. The van der Waals surface area contributed by atoms with Gasteiger partial charge in [-0.3, -0.25) is 19.5 Å². The summed E-state index contributed by atoms with van der Waals surface area (Å²) in [4.78, 5) is 19.5. The Bertz CT molecular complexity index is 1290. The lowest BCUT2D eigenvalue weighted by molar-refractivity contribution is -0.229. The summed E-state index contributed by atoms with van der Waals surface area (Å²) in [6.07, 6.45) is -3.93. The van der Waals surface area contributed by atoms with Crippen molar-refractivity contribution in [3.05, 3.63) is 69.5 Å². The number of hydrogen-bond donors (Lipinski definition) is 1. The highest BCUT2D eigenvalue weighted by Gasteiger charge is 2.40. The van der Waals surface area contributed by atoms with Crippen molar-refractivity contribution in [1.29, 1.82) is 0 Å². The highest BCUT2D eigenvalue weighted by Crippen LogP contribution is 2.41. The molecule has 0 bridgehead atoms. The number of carbonyl (C=O) groups is 1. The number of ether oxygens (including phenoxy) is 1. The van der Waals surface area contributed by atoms with Crippen molar-refractivity contribution in [1.82, 2.24) is 14.7 Å². The molecular weight excluding hydrogens is 622 g/mol. The molecule has 6 nitrogen and oxygen atoms in total. The van der Waals surface area contributed by atoms with Crippen molar-refractivity contribution in [3.8, 4) is 0 Å². The lowest BCUT2D eigenvalue weighted by atomic mass is 9.77. The summed E-state index contributed by atoms with van der Waals surface area (Å²) < 4.78 is 59.1. The van der Waals surface area contributed by atoms with Gasteiger partial charge in [-0.1, -0.05) is 29.8 Å². The molecule has 2 aromatic carbocycles. The minimum absolute atomic E-state index is 0.0203. The molecule has 0 unspecified atom stereocenters. The molecule has 2 aliphatic rings. The number of hydrogen-bond acceptors (Lipinski definition) is 5. The van der Waals surface area contributed by atoms with Gasteiger partial charge in [0.1, 0.15) is 11.9 Å². The molecule has 1 aliphatic heterocycles. The van der Waals surface area contributed by atoms with E-state index < -0.39 is 36.2 Å². The Labute approximate surface area is 275 Å². The van der Waals surface area contributed by atoms with Crippen LogP contribution < -0.4 is 0 Å². The maximum Gasteiger partial charge on any atom is 0.414 e. The third-order valence-corrected chi connectivity index (χ3v) is 10.0. The van der Waals surface area contributed by atoms with Crippen molar-refractivity contribution >= 4 is 17.6 Å². The van der Waals surface area contributed by atoms with Gasteiger partial charge in [-0.25, -0.2) is 4.39 Å². The quantitative estimate of drug-likeness (QED) is 0.231. The Morgan fingerprint density at radius 2 is 1.67 bits per heavy atom. The van der Waals surface area contributed by atoms with E-state index in [4.69, 9.17) is 16.3 Å². The molecule has 3 atom stereocenters. The molecule has 0 radical (unpaired) electrons. The van der Waals surface area contributed by atoms with Crippen LogP contribution >= 0.6 is 11.6 Å². The summed E-state index contributed by atoms with van der Waals surface area (Å²) in [5.74, 6) is -1.35. The van der Waals surface area contributed by atoms with Gasteiger partial charge in [-0.15, -0.1) is 0 Å². The van der Waals surface area contributed by atoms with Crippen LogP contribution in [0.4, 0.5) is 17.6 Å². The van der Waals surface area contributed by atoms with E-state index in [1.807, 2.05) is 30.0 Å². The maximum absolute atomic E-state index is 14.5. The SMILES string of the molecule is Cc1cccc([C@H](C(=O)O)N(C)CC[C@@H](c2cc(F)cc(Cl)c2)N2CCN(C(C)C)CC2)c1C1CCC(O[C@H](C)C(F)(F)F)CC1. The minimum atomic E-state index is -4.40. The molecule has 0 amide bonds. The lowest BCUT2D eigenvalue weighted by Crippen LogP contribution is -2.50. The number of benzene rings is 2. The summed E-state index contributed by atoms with van der Waals surface area (Å²) in [7, 11) is 1.81. The van der Waals surface area contributed by atoms with Crippen LogP contribution in [0.5, 0.6) is 0 Å². The van der Waals surface area contributed by atoms with Gasteiger partial charge in [-0.05, 0) is 113 Å². The summed E-state index contributed by atoms with van der Waals surface area (Å²) in [5, 5.41) is 10.9. The standard InChI is InChI=1S/C35H48ClF4N3O3/c1-22(2)42-15-17-43(18-16-42)31(26-19-27(36)21-28(37)20-26)13-14-41(5)33(34(44)45)30-8-6-7-23(3)32(30)25-9-11-29(12-10-25)46-24(4)35(38,39)40/h6-8,19-22,24-25,29,31,33H,9-18H2,1-5H3,(H,44,45)/t24-,25?,29?,31+,33-/m1/s1. The molecule has 2 fully saturated rings. The topological polar surface area (TPSA) is 56.2 Å². The molecule has 4 rings (SSSR count). The predicted molar refractivity (Wildman–Crippen MR) is 173 cm³/mol. The molecule has 256 valence electrons. The molecule has 1 saturated heterocycles. The van der Waals surface area contributed by atoms with E-state index in [-0.39, 0.29) is 12.0 Å². The molecule has 0 spiro atoms. The number of rotatable bonds is 12. The first-order valence-corrected chi connectivity index (χ1v) is 16.7.